The Bertz CT molecular complexity index is 517. The molecule has 2 heteroatoms. The lowest BCUT2D eigenvalue weighted by molar-refractivity contribution is 0.409. The maximum atomic E-state index is 6.46. The fourth-order valence-electron chi connectivity index (χ4n) is 2.28. The third kappa shape index (κ3) is 2.79. The smallest absolute Gasteiger partial charge is 0.118 e. The van der Waals surface area contributed by atoms with Gasteiger partial charge < -0.3 is 10.5 Å². The quantitative estimate of drug-likeness (QED) is 0.904. The molecule has 0 bridgehead atoms. The molecule has 100 valence electrons. The van der Waals surface area contributed by atoms with Crippen molar-refractivity contribution >= 4 is 0 Å². The number of methoxy groups -OCH3 is 1. The van der Waals surface area contributed by atoms with E-state index in [0.29, 0.717) is 0 Å². The molecule has 0 amide bonds. The molecule has 0 aromatic heterocycles. The Labute approximate surface area is 115 Å². The van der Waals surface area contributed by atoms with Crippen LogP contribution in [0.15, 0.2) is 54.6 Å². The summed E-state index contributed by atoms with van der Waals surface area (Å²) in [5, 5.41) is 0. The number of ether oxygens (including phenoxy) is 1. The van der Waals surface area contributed by atoms with Crippen LogP contribution in [0.4, 0.5) is 0 Å². The van der Waals surface area contributed by atoms with Crippen LogP contribution in [0.3, 0.4) is 0 Å². The van der Waals surface area contributed by atoms with Gasteiger partial charge in [0.25, 0.3) is 0 Å². The zero-order valence-electron chi connectivity index (χ0n) is 11.8. The van der Waals surface area contributed by atoms with Crippen LogP contribution in [0.1, 0.15) is 31.0 Å². The second-order valence-electron chi connectivity index (χ2n) is 5.34. The SMILES string of the molecule is COc1ccc(C(N)C(C)(C)c2ccccc2)cc1. The van der Waals surface area contributed by atoms with Gasteiger partial charge >= 0.3 is 0 Å². The molecular weight excluding hydrogens is 234 g/mol. The molecule has 2 N–H and O–H groups in total. The van der Waals surface area contributed by atoms with Gasteiger partial charge in [-0.3, -0.25) is 0 Å². The molecule has 0 saturated carbocycles. The van der Waals surface area contributed by atoms with Crippen molar-refractivity contribution in [2.45, 2.75) is 25.3 Å². The maximum absolute atomic E-state index is 6.46. The van der Waals surface area contributed by atoms with Gasteiger partial charge in [-0.1, -0.05) is 56.3 Å². The van der Waals surface area contributed by atoms with Crippen molar-refractivity contribution in [3.63, 3.8) is 0 Å². The third-order valence-corrected chi connectivity index (χ3v) is 3.77. The second-order valence-corrected chi connectivity index (χ2v) is 5.34. The first-order valence-electron chi connectivity index (χ1n) is 6.51. The Morgan fingerprint density at radius 3 is 2.05 bits per heavy atom. The highest BCUT2D eigenvalue weighted by Gasteiger charge is 2.29. The van der Waals surface area contributed by atoms with Gasteiger partial charge in [-0.25, -0.2) is 0 Å². The van der Waals surface area contributed by atoms with E-state index in [1.165, 1.54) is 5.56 Å². The summed E-state index contributed by atoms with van der Waals surface area (Å²) in [4.78, 5) is 0. The van der Waals surface area contributed by atoms with Gasteiger partial charge in [0.2, 0.25) is 0 Å². The lowest BCUT2D eigenvalue weighted by Crippen LogP contribution is -2.33. The lowest BCUT2D eigenvalue weighted by atomic mass is 9.75. The molecule has 0 aliphatic heterocycles. The summed E-state index contributed by atoms with van der Waals surface area (Å²) in [5.74, 6) is 0.855. The van der Waals surface area contributed by atoms with Gasteiger partial charge in [0.1, 0.15) is 5.75 Å². The predicted molar refractivity (Wildman–Crippen MR) is 79.4 cm³/mol. The van der Waals surface area contributed by atoms with Crippen molar-refractivity contribution in [1.29, 1.82) is 0 Å². The van der Waals surface area contributed by atoms with Crippen LogP contribution in [0, 0.1) is 0 Å². The minimum Gasteiger partial charge on any atom is -0.497 e. The zero-order valence-corrected chi connectivity index (χ0v) is 11.8. The molecular formula is C17H21NO. The highest BCUT2D eigenvalue weighted by Crippen LogP contribution is 2.35. The van der Waals surface area contributed by atoms with E-state index in [9.17, 15) is 0 Å². The van der Waals surface area contributed by atoms with E-state index >= 15 is 0 Å². The molecule has 0 heterocycles. The fraction of sp³-hybridized carbons (Fsp3) is 0.294. The number of hydrogen-bond acceptors (Lipinski definition) is 2. The Morgan fingerprint density at radius 1 is 0.947 bits per heavy atom. The number of rotatable bonds is 4. The molecule has 0 radical (unpaired) electrons. The highest BCUT2D eigenvalue weighted by molar-refractivity contribution is 5.34. The Balaban J connectivity index is 2.29. The van der Waals surface area contributed by atoms with Crippen molar-refractivity contribution in [1.82, 2.24) is 0 Å². The molecule has 2 nitrogen and oxygen atoms in total. The minimum absolute atomic E-state index is 0.0548. The molecule has 0 saturated heterocycles. The fourth-order valence-corrected chi connectivity index (χ4v) is 2.28. The standard InChI is InChI=1S/C17H21NO/c1-17(2,14-7-5-4-6-8-14)16(18)13-9-11-15(19-3)12-10-13/h4-12,16H,18H2,1-3H3. The van der Waals surface area contributed by atoms with Gasteiger partial charge in [0, 0.05) is 11.5 Å². The molecule has 1 unspecified atom stereocenters. The van der Waals surface area contributed by atoms with Crippen LogP contribution in [-0.4, -0.2) is 7.11 Å². The molecule has 2 rings (SSSR count). The van der Waals surface area contributed by atoms with E-state index in [-0.39, 0.29) is 11.5 Å². The van der Waals surface area contributed by atoms with Crippen LogP contribution in [0.25, 0.3) is 0 Å². The molecule has 0 aliphatic rings. The average Bonchev–Trinajstić information content (AvgIpc) is 2.47. The first-order chi connectivity index (χ1) is 9.05. The Kier molecular flexibility index (Phi) is 3.91. The Hall–Kier alpha value is -1.80. The molecule has 19 heavy (non-hydrogen) atoms. The molecule has 2 aromatic rings. The van der Waals surface area contributed by atoms with Crippen LogP contribution in [0.5, 0.6) is 5.75 Å². The van der Waals surface area contributed by atoms with Crippen LogP contribution in [-0.2, 0) is 5.41 Å². The first-order valence-corrected chi connectivity index (χ1v) is 6.51. The first kappa shape index (κ1) is 13.6. The van der Waals surface area contributed by atoms with Crippen LogP contribution in [0.2, 0.25) is 0 Å². The maximum Gasteiger partial charge on any atom is 0.118 e. The zero-order chi connectivity index (χ0) is 13.9. The van der Waals surface area contributed by atoms with E-state index in [2.05, 4.69) is 38.1 Å². The Morgan fingerprint density at radius 2 is 1.53 bits per heavy atom. The normalized spacial score (nSPS) is 13.1. The monoisotopic (exact) mass is 255 g/mol. The van der Waals surface area contributed by atoms with Gasteiger partial charge in [0.05, 0.1) is 7.11 Å². The summed E-state index contributed by atoms with van der Waals surface area (Å²) in [6.07, 6.45) is 0. The summed E-state index contributed by atoms with van der Waals surface area (Å²) >= 11 is 0. The van der Waals surface area contributed by atoms with Gasteiger partial charge in [-0.15, -0.1) is 0 Å². The van der Waals surface area contributed by atoms with Gasteiger partial charge in [0.15, 0.2) is 0 Å². The van der Waals surface area contributed by atoms with Gasteiger partial charge in [-0.05, 0) is 23.3 Å². The van der Waals surface area contributed by atoms with E-state index < -0.39 is 0 Å². The summed E-state index contributed by atoms with van der Waals surface area (Å²) < 4.78 is 5.18. The molecule has 1 atom stereocenters. The summed E-state index contributed by atoms with van der Waals surface area (Å²) in [7, 11) is 1.67. The number of benzene rings is 2. The number of nitrogens with two attached hydrogens (primary N) is 1. The average molecular weight is 255 g/mol. The van der Waals surface area contributed by atoms with Crippen molar-refractivity contribution in [3.8, 4) is 5.75 Å². The van der Waals surface area contributed by atoms with Crippen LogP contribution >= 0.6 is 0 Å². The highest BCUT2D eigenvalue weighted by atomic mass is 16.5. The largest absolute Gasteiger partial charge is 0.497 e. The topological polar surface area (TPSA) is 35.2 Å². The molecule has 0 fully saturated rings. The summed E-state index contributed by atoms with van der Waals surface area (Å²) in [5.41, 5.74) is 8.71. The van der Waals surface area contributed by atoms with Crippen molar-refractivity contribution in [2.24, 2.45) is 5.73 Å². The van der Waals surface area contributed by atoms with E-state index in [0.717, 1.165) is 11.3 Å². The van der Waals surface area contributed by atoms with E-state index in [4.69, 9.17) is 10.5 Å². The predicted octanol–water partition coefficient (Wildman–Crippen LogP) is 3.67. The lowest BCUT2D eigenvalue weighted by Gasteiger charge is -2.32. The minimum atomic E-state index is -0.115. The van der Waals surface area contributed by atoms with E-state index in [1.54, 1.807) is 7.11 Å². The molecule has 2 aromatic carbocycles. The van der Waals surface area contributed by atoms with Crippen molar-refractivity contribution < 1.29 is 4.74 Å². The second kappa shape index (κ2) is 5.45. The van der Waals surface area contributed by atoms with Gasteiger partial charge in [-0.2, -0.15) is 0 Å². The summed E-state index contributed by atoms with van der Waals surface area (Å²) in [6, 6.07) is 18.3. The molecule has 0 spiro atoms. The number of hydrogen-bond donors (Lipinski definition) is 1. The third-order valence-electron chi connectivity index (χ3n) is 3.77. The van der Waals surface area contributed by atoms with Crippen LogP contribution < -0.4 is 10.5 Å². The summed E-state index contributed by atoms with van der Waals surface area (Å²) in [6.45, 7) is 4.36. The van der Waals surface area contributed by atoms with Crippen molar-refractivity contribution in [3.05, 3.63) is 65.7 Å². The van der Waals surface area contributed by atoms with E-state index in [1.807, 2.05) is 30.3 Å². The molecule has 0 aliphatic carbocycles. The van der Waals surface area contributed by atoms with Crippen molar-refractivity contribution in [2.75, 3.05) is 7.11 Å².